The van der Waals surface area contributed by atoms with Crippen molar-refractivity contribution in [3.05, 3.63) is 0 Å². The Morgan fingerprint density at radius 1 is 0.232 bits per heavy atom. The van der Waals surface area contributed by atoms with Crippen LogP contribution in [0.5, 0.6) is 0 Å². The third kappa shape index (κ3) is 7.30. The van der Waals surface area contributed by atoms with Crippen LogP contribution in [0.4, 0.5) is 87.8 Å². The van der Waals surface area contributed by atoms with Gasteiger partial charge in [-0.25, -0.2) is 87.8 Å². The van der Waals surface area contributed by atoms with E-state index in [2.05, 4.69) is 0 Å². The van der Waals surface area contributed by atoms with Gasteiger partial charge in [0.2, 0.25) is 0 Å². The Kier molecular flexibility index (Phi) is 13.7. The molecule has 0 bridgehead atoms. The molecule has 4 aliphatic carbocycles. The molecule has 0 aliphatic heterocycles. The van der Waals surface area contributed by atoms with Crippen LogP contribution in [-0.4, -0.2) is 151 Å². The molecule has 0 heterocycles. The van der Waals surface area contributed by atoms with E-state index < -0.39 is 175 Å². The van der Waals surface area contributed by atoms with Crippen molar-refractivity contribution in [1.82, 2.24) is 0 Å². The van der Waals surface area contributed by atoms with Crippen LogP contribution in [0.15, 0.2) is 0 Å². The Bertz CT molecular complexity index is 1110. The third-order valence-corrected chi connectivity index (χ3v) is 13.1. The number of alkyl halides is 20. The molecule has 0 saturated heterocycles. The van der Waals surface area contributed by atoms with E-state index in [9.17, 15) is 17.6 Å². The van der Waals surface area contributed by atoms with Crippen LogP contribution >= 0.6 is 0 Å². The van der Waals surface area contributed by atoms with Gasteiger partial charge in [0.1, 0.15) is 60.6 Å². The lowest BCUT2D eigenvalue weighted by molar-refractivity contribution is -0.333. The summed E-state index contributed by atoms with van der Waals surface area (Å²) >= 11 is 0. The second-order valence-corrected chi connectivity index (χ2v) is 25.9. The normalized spacial score (nSPS) is 53.2. The molecule has 2 nitrogen and oxygen atoms in total. The summed E-state index contributed by atoms with van der Waals surface area (Å²) in [5.74, 6) is -16.8. The van der Waals surface area contributed by atoms with Crippen LogP contribution in [0.25, 0.3) is 0 Å². The number of hydrogen-bond donors (Lipinski definition) is 0. The van der Waals surface area contributed by atoms with Gasteiger partial charge in [0.05, 0.1) is 23.7 Å². The molecule has 0 spiro atoms. The number of rotatable bonds is 9. The maximum absolute atomic E-state index is 16.8. The Labute approximate surface area is 311 Å². The maximum atomic E-state index is 16.8. The Balaban J connectivity index is 2.46. The minimum absolute atomic E-state index is 0.770. The van der Waals surface area contributed by atoms with E-state index in [4.69, 9.17) is 8.85 Å². The summed E-state index contributed by atoms with van der Waals surface area (Å²) in [6.07, 6.45) is -83.1. The van der Waals surface area contributed by atoms with Gasteiger partial charge in [0, 0.05) is 0 Å². The first-order valence-corrected chi connectivity index (χ1v) is 24.4. The lowest BCUT2D eigenvalue weighted by Crippen LogP contribution is -2.86. The third-order valence-electron chi connectivity index (χ3n) is 11.2. The highest BCUT2D eigenvalue weighted by Crippen LogP contribution is 2.66. The average molecular weight is 895 g/mol. The van der Waals surface area contributed by atoms with E-state index in [0.717, 1.165) is 39.3 Å². The molecular formula is C32H42F20O2Si2. The minimum atomic E-state index is -5.11. The van der Waals surface area contributed by atoms with E-state index in [-0.39, 0.29) is 0 Å². The Morgan fingerprint density at radius 3 is 0.446 bits per heavy atom. The van der Waals surface area contributed by atoms with Crippen LogP contribution in [-0.2, 0) is 8.85 Å². The van der Waals surface area contributed by atoms with Gasteiger partial charge in [-0.05, 0) is 39.3 Å². The fraction of sp³-hybridized carbons (Fsp3) is 1.00. The number of hydrogen-bond acceptors (Lipinski definition) is 2. The summed E-state index contributed by atoms with van der Waals surface area (Å²) < 4.78 is 330. The average Bonchev–Trinajstić information content (AvgIpc) is 3.09. The molecule has 0 amide bonds. The molecule has 4 rings (SSSR count). The van der Waals surface area contributed by atoms with Crippen LogP contribution in [0.3, 0.4) is 0 Å². The molecule has 0 N–H and O–H groups in total. The van der Waals surface area contributed by atoms with Crippen molar-refractivity contribution < 1.29 is 96.7 Å². The molecule has 4 aliphatic rings. The molecule has 0 aromatic rings. The molecule has 4 fully saturated rings. The first-order valence-electron chi connectivity index (χ1n) is 17.6. The van der Waals surface area contributed by atoms with E-state index in [1.54, 1.807) is 0 Å². The molecule has 0 aromatic carbocycles. The zero-order valence-electron chi connectivity index (χ0n) is 30.2. The zero-order valence-corrected chi connectivity index (χ0v) is 32.2. The van der Waals surface area contributed by atoms with Gasteiger partial charge in [0.15, 0.2) is 90.7 Å². The first kappa shape index (κ1) is 47.6. The Morgan fingerprint density at radius 2 is 0.339 bits per heavy atom. The fourth-order valence-electron chi connectivity index (χ4n) is 9.22. The van der Waals surface area contributed by atoms with Crippen molar-refractivity contribution in [3.8, 4) is 0 Å². The van der Waals surface area contributed by atoms with Gasteiger partial charge in [-0.2, -0.15) is 0 Å². The Hall–Kier alpha value is -1.05. The summed E-state index contributed by atoms with van der Waals surface area (Å²) in [4.78, 5) is 0. The maximum Gasteiger partial charge on any atom is 0.184 e. The molecule has 16 unspecified atom stereocenters. The lowest BCUT2D eigenvalue weighted by atomic mass is 9.47. The molecule has 4 saturated carbocycles. The minimum Gasteiger partial charge on any atom is -0.408 e. The molecule has 0 aromatic heterocycles. The summed E-state index contributed by atoms with van der Waals surface area (Å²) in [7, 11) is -9.24. The highest BCUT2D eigenvalue weighted by Gasteiger charge is 2.83. The van der Waals surface area contributed by atoms with Gasteiger partial charge >= 0.3 is 0 Å². The molecule has 330 valence electrons. The molecule has 16 atom stereocenters. The highest BCUT2D eigenvalue weighted by molar-refractivity contribution is 6.70. The predicted molar refractivity (Wildman–Crippen MR) is 166 cm³/mol. The van der Waals surface area contributed by atoms with Crippen molar-refractivity contribution >= 4 is 16.6 Å². The van der Waals surface area contributed by atoms with E-state index >= 15 is 70.2 Å². The quantitative estimate of drug-likeness (QED) is 0.170. The monoisotopic (exact) mass is 894 g/mol. The first-order chi connectivity index (χ1) is 25.4. The van der Waals surface area contributed by atoms with E-state index in [1.165, 1.54) is 0 Å². The van der Waals surface area contributed by atoms with Crippen molar-refractivity contribution in [2.75, 3.05) is 0 Å². The predicted octanol–water partition coefficient (Wildman–Crippen LogP) is 9.45. The largest absolute Gasteiger partial charge is 0.408 e. The fourth-order valence-corrected chi connectivity index (χ4v) is 12.1. The van der Waals surface area contributed by atoms with E-state index in [1.807, 2.05) is 0 Å². The zero-order chi connectivity index (χ0) is 43.3. The SMILES string of the molecule is C[Si](C)(C)OC(C1C(F)C(F)C(F)C(F)C1F)(C1C(F)C(F)C(F)C(F)C1F)C(O[Si](C)(C)C)(C1C(F)C(F)C(F)C(F)C1F)C1C(F)C(F)C(F)C(F)C1F. The summed E-state index contributed by atoms with van der Waals surface area (Å²) in [5.41, 5.74) is -10.2. The second-order valence-electron chi connectivity index (χ2n) is 17.0. The summed E-state index contributed by atoms with van der Waals surface area (Å²) in [6, 6.07) is 0. The van der Waals surface area contributed by atoms with Crippen molar-refractivity contribution in [1.29, 1.82) is 0 Å². The van der Waals surface area contributed by atoms with Crippen LogP contribution in [0.2, 0.25) is 39.3 Å². The van der Waals surface area contributed by atoms with E-state index in [0.29, 0.717) is 0 Å². The smallest absolute Gasteiger partial charge is 0.184 e. The highest BCUT2D eigenvalue weighted by atomic mass is 28.4. The van der Waals surface area contributed by atoms with Crippen LogP contribution in [0, 0.1) is 23.7 Å². The number of halogens is 20. The van der Waals surface area contributed by atoms with Gasteiger partial charge in [-0.3, -0.25) is 0 Å². The van der Waals surface area contributed by atoms with Crippen molar-refractivity contribution in [2.45, 2.75) is 174 Å². The second kappa shape index (κ2) is 16.1. The molecular weight excluding hydrogens is 852 g/mol. The van der Waals surface area contributed by atoms with Gasteiger partial charge < -0.3 is 8.85 Å². The van der Waals surface area contributed by atoms with Crippen LogP contribution in [0.1, 0.15) is 0 Å². The van der Waals surface area contributed by atoms with Crippen molar-refractivity contribution in [3.63, 3.8) is 0 Å². The van der Waals surface area contributed by atoms with Crippen LogP contribution < -0.4 is 0 Å². The molecule has 56 heavy (non-hydrogen) atoms. The molecule has 24 heteroatoms. The van der Waals surface area contributed by atoms with Crippen molar-refractivity contribution in [2.24, 2.45) is 23.7 Å². The van der Waals surface area contributed by atoms with Gasteiger partial charge in [-0.15, -0.1) is 0 Å². The lowest BCUT2D eigenvalue weighted by Gasteiger charge is -2.69. The van der Waals surface area contributed by atoms with Gasteiger partial charge in [0.25, 0.3) is 0 Å². The topological polar surface area (TPSA) is 18.5 Å². The summed E-state index contributed by atoms with van der Waals surface area (Å²) in [5, 5.41) is 0. The summed E-state index contributed by atoms with van der Waals surface area (Å²) in [6.45, 7) is 4.62. The standard InChI is InChI=1S/C32H42F20O2Si2/c1-55(2,3)53-31(7-11(33)19(41)27(49)20(42)12(7)34,8-13(35)21(43)28(50)22(44)14(8)36)32(54-56(4,5)6,9-15(37)23(45)29(51)24(46)16(9)38)10-17(39)25(47)30(52)26(48)18(10)40/h7-30H,1-6H3. The van der Waals surface area contributed by atoms with Gasteiger partial charge in [-0.1, -0.05) is 0 Å². The molecule has 0 radical (unpaired) electrons.